The molecule has 7 heteroatoms. The molecule has 20 heavy (non-hydrogen) atoms. The first kappa shape index (κ1) is 14.7. The predicted molar refractivity (Wildman–Crippen MR) is 78.5 cm³/mol. The summed E-state index contributed by atoms with van der Waals surface area (Å²) in [5.74, 6) is -0.473. The van der Waals surface area contributed by atoms with Crippen molar-refractivity contribution in [1.29, 1.82) is 0 Å². The maximum Gasteiger partial charge on any atom is 0.276 e. The summed E-state index contributed by atoms with van der Waals surface area (Å²) in [4.78, 5) is 2.11. The Labute approximate surface area is 124 Å². The van der Waals surface area contributed by atoms with Crippen molar-refractivity contribution in [3.05, 3.63) is 64.4 Å². The van der Waals surface area contributed by atoms with Crippen LogP contribution in [0.25, 0.3) is 0 Å². The van der Waals surface area contributed by atoms with Gasteiger partial charge in [-0.1, -0.05) is 34.1 Å². The number of rotatable bonds is 4. The molecule has 0 saturated carbocycles. The smallest absolute Gasteiger partial charge is 0.206 e. The summed E-state index contributed by atoms with van der Waals surface area (Å²) < 4.78 is 37.8. The number of hydrogen-bond donors (Lipinski definition) is 1. The zero-order chi connectivity index (χ0) is 14.6. The molecule has 2 aromatic rings. The molecule has 0 unspecified atom stereocenters. The topological polar surface area (TPSA) is 58.5 Å². The van der Waals surface area contributed by atoms with E-state index in [0.29, 0.717) is 0 Å². The molecule has 0 aliphatic carbocycles. The molecule has 0 atom stereocenters. The van der Waals surface area contributed by atoms with Gasteiger partial charge in [0.05, 0.1) is 11.1 Å². The second kappa shape index (κ2) is 6.15. The van der Waals surface area contributed by atoms with Gasteiger partial charge in [-0.05, 0) is 30.3 Å². The van der Waals surface area contributed by atoms with E-state index in [9.17, 15) is 12.8 Å². The number of hydrazone groups is 1. The van der Waals surface area contributed by atoms with E-state index in [1.165, 1.54) is 24.3 Å². The normalized spacial score (nSPS) is 11.7. The summed E-state index contributed by atoms with van der Waals surface area (Å²) in [6, 6.07) is 12.0. The molecule has 0 heterocycles. The van der Waals surface area contributed by atoms with Crippen LogP contribution in [0.2, 0.25) is 0 Å². The van der Waals surface area contributed by atoms with Gasteiger partial charge in [0, 0.05) is 10.0 Å². The number of nitrogens with one attached hydrogen (secondary N) is 1. The monoisotopic (exact) mass is 356 g/mol. The van der Waals surface area contributed by atoms with E-state index in [-0.39, 0.29) is 10.5 Å². The number of benzene rings is 2. The van der Waals surface area contributed by atoms with Gasteiger partial charge in [-0.3, -0.25) is 0 Å². The van der Waals surface area contributed by atoms with Crippen molar-refractivity contribution in [3.63, 3.8) is 0 Å². The summed E-state index contributed by atoms with van der Waals surface area (Å²) in [5, 5.41) is 3.56. The third kappa shape index (κ3) is 3.64. The van der Waals surface area contributed by atoms with Crippen molar-refractivity contribution >= 4 is 32.2 Å². The van der Waals surface area contributed by atoms with E-state index in [4.69, 9.17) is 0 Å². The van der Waals surface area contributed by atoms with Crippen molar-refractivity contribution in [3.8, 4) is 0 Å². The molecule has 104 valence electrons. The Balaban J connectivity index is 2.14. The molecule has 0 aromatic heterocycles. The molecule has 0 spiro atoms. The van der Waals surface area contributed by atoms with Gasteiger partial charge in [0.15, 0.2) is 0 Å². The second-order valence-electron chi connectivity index (χ2n) is 3.83. The van der Waals surface area contributed by atoms with Gasteiger partial charge in [-0.25, -0.2) is 9.22 Å². The van der Waals surface area contributed by atoms with Crippen LogP contribution in [-0.4, -0.2) is 14.6 Å². The number of halogens is 2. The van der Waals surface area contributed by atoms with E-state index >= 15 is 0 Å². The Kier molecular flexibility index (Phi) is 4.51. The van der Waals surface area contributed by atoms with Gasteiger partial charge >= 0.3 is 0 Å². The molecule has 2 aromatic carbocycles. The Hall–Kier alpha value is -1.73. The largest absolute Gasteiger partial charge is 0.276 e. The molecule has 4 nitrogen and oxygen atoms in total. The highest BCUT2D eigenvalue weighted by molar-refractivity contribution is 9.10. The first-order valence-electron chi connectivity index (χ1n) is 5.54. The molecule has 0 aliphatic heterocycles. The second-order valence-corrected chi connectivity index (χ2v) is 6.40. The van der Waals surface area contributed by atoms with Gasteiger partial charge in [0.1, 0.15) is 5.82 Å². The van der Waals surface area contributed by atoms with Gasteiger partial charge in [-0.15, -0.1) is 0 Å². The fraction of sp³-hybridized carbons (Fsp3) is 0. The summed E-state index contributed by atoms with van der Waals surface area (Å²) in [6.07, 6.45) is 1.12. The van der Waals surface area contributed by atoms with Crippen LogP contribution in [0.15, 0.2) is 63.0 Å². The third-order valence-corrected chi connectivity index (χ3v) is 4.17. The third-order valence-electron chi connectivity index (χ3n) is 2.41. The number of nitrogens with zero attached hydrogens (tertiary/aromatic N) is 1. The molecule has 0 bridgehead atoms. The molecule has 0 radical (unpaired) electrons. The molecule has 0 saturated heterocycles. The van der Waals surface area contributed by atoms with Crippen molar-refractivity contribution in [2.75, 3.05) is 0 Å². The maximum absolute atomic E-state index is 13.3. The summed E-state index contributed by atoms with van der Waals surface area (Å²) in [5.41, 5.74) is 0.200. The fourth-order valence-electron chi connectivity index (χ4n) is 1.41. The van der Waals surface area contributed by atoms with Crippen molar-refractivity contribution < 1.29 is 12.8 Å². The average Bonchev–Trinajstić information content (AvgIpc) is 2.41. The highest BCUT2D eigenvalue weighted by atomic mass is 79.9. The summed E-state index contributed by atoms with van der Waals surface area (Å²) >= 11 is 3.22. The standard InChI is InChI=1S/C13H10BrFN2O2S/c14-11-5-7-12(8-6-11)20(18,19)17-16-9-10-3-1-2-4-13(10)15/h1-9,17H. The van der Waals surface area contributed by atoms with E-state index in [1.807, 2.05) is 4.83 Å². The quantitative estimate of drug-likeness (QED) is 0.676. The average molecular weight is 357 g/mol. The molecule has 0 fully saturated rings. The van der Waals surface area contributed by atoms with E-state index in [2.05, 4.69) is 21.0 Å². The minimum Gasteiger partial charge on any atom is -0.206 e. The minimum atomic E-state index is -3.75. The van der Waals surface area contributed by atoms with Crippen molar-refractivity contribution in [1.82, 2.24) is 4.83 Å². The summed E-state index contributed by atoms with van der Waals surface area (Å²) in [7, 11) is -3.75. The minimum absolute atomic E-state index is 0.0754. The van der Waals surface area contributed by atoms with Gasteiger partial charge in [0.2, 0.25) is 0 Å². The van der Waals surface area contributed by atoms with Crippen LogP contribution in [0.4, 0.5) is 4.39 Å². The van der Waals surface area contributed by atoms with Crippen LogP contribution in [0.1, 0.15) is 5.56 Å². The lowest BCUT2D eigenvalue weighted by atomic mass is 10.2. The van der Waals surface area contributed by atoms with Crippen LogP contribution in [0, 0.1) is 5.82 Å². The van der Waals surface area contributed by atoms with Crippen LogP contribution in [0.5, 0.6) is 0 Å². The van der Waals surface area contributed by atoms with E-state index < -0.39 is 15.8 Å². The highest BCUT2D eigenvalue weighted by Gasteiger charge is 2.11. The van der Waals surface area contributed by atoms with Gasteiger partial charge in [0.25, 0.3) is 10.0 Å². The maximum atomic E-state index is 13.3. The van der Waals surface area contributed by atoms with Crippen LogP contribution < -0.4 is 4.83 Å². The zero-order valence-corrected chi connectivity index (χ0v) is 12.5. The summed E-state index contributed by atoms with van der Waals surface area (Å²) in [6.45, 7) is 0. The molecule has 1 N–H and O–H groups in total. The predicted octanol–water partition coefficient (Wildman–Crippen LogP) is 2.90. The lowest BCUT2D eigenvalue weighted by molar-refractivity contribution is 0.584. The lowest BCUT2D eigenvalue weighted by Gasteiger charge is -2.03. The Morgan fingerprint density at radius 3 is 2.40 bits per heavy atom. The van der Waals surface area contributed by atoms with Crippen LogP contribution in [0.3, 0.4) is 0 Å². The van der Waals surface area contributed by atoms with Crippen molar-refractivity contribution in [2.24, 2.45) is 5.10 Å². The van der Waals surface area contributed by atoms with Crippen LogP contribution >= 0.6 is 15.9 Å². The highest BCUT2D eigenvalue weighted by Crippen LogP contribution is 2.14. The Morgan fingerprint density at radius 1 is 1.10 bits per heavy atom. The fourth-order valence-corrected chi connectivity index (χ4v) is 2.47. The van der Waals surface area contributed by atoms with Crippen molar-refractivity contribution in [2.45, 2.75) is 4.90 Å². The molecular formula is C13H10BrFN2O2S. The van der Waals surface area contributed by atoms with Crippen LogP contribution in [-0.2, 0) is 10.0 Å². The zero-order valence-electron chi connectivity index (χ0n) is 10.1. The molecular weight excluding hydrogens is 347 g/mol. The first-order chi connectivity index (χ1) is 9.49. The van der Waals surface area contributed by atoms with E-state index in [1.54, 1.807) is 24.3 Å². The SMILES string of the molecule is O=S(=O)(NN=Cc1ccccc1F)c1ccc(Br)cc1. The Bertz CT molecular complexity index is 730. The number of hydrogen-bond acceptors (Lipinski definition) is 3. The van der Waals surface area contributed by atoms with E-state index in [0.717, 1.165) is 10.7 Å². The molecule has 0 amide bonds. The molecule has 0 aliphatic rings. The number of sulfonamides is 1. The Morgan fingerprint density at radius 2 is 1.75 bits per heavy atom. The van der Waals surface area contributed by atoms with Gasteiger partial charge < -0.3 is 0 Å². The van der Waals surface area contributed by atoms with Gasteiger partial charge in [-0.2, -0.15) is 13.5 Å². The molecule has 2 rings (SSSR count). The first-order valence-corrected chi connectivity index (χ1v) is 7.81. The lowest BCUT2D eigenvalue weighted by Crippen LogP contribution is -2.18.